The van der Waals surface area contributed by atoms with Crippen molar-refractivity contribution in [2.24, 2.45) is 5.10 Å². The van der Waals surface area contributed by atoms with Crippen LogP contribution in [0.5, 0.6) is 0 Å². The molecule has 1 atom stereocenters. The summed E-state index contributed by atoms with van der Waals surface area (Å²) in [6.45, 7) is 1.39. The van der Waals surface area contributed by atoms with Gasteiger partial charge < -0.3 is 19.7 Å². The number of amides is 1. The summed E-state index contributed by atoms with van der Waals surface area (Å²) in [7, 11) is 1.41. The van der Waals surface area contributed by atoms with Crippen molar-refractivity contribution in [3.8, 4) is 12.3 Å². The summed E-state index contributed by atoms with van der Waals surface area (Å²) >= 11 is 4.86. The molecule has 1 amide bonds. The average molecular weight is 423 g/mol. The Morgan fingerprint density at radius 2 is 2.17 bits per heavy atom. The number of methoxy groups -OCH3 is 1. The average Bonchev–Trinajstić information content (AvgIpc) is 3.07. The molecule has 11 heteroatoms. The molecule has 1 aromatic carbocycles. The first-order valence-electron chi connectivity index (χ1n) is 8.71. The zero-order chi connectivity index (χ0) is 21.0. The van der Waals surface area contributed by atoms with Gasteiger partial charge in [0, 0.05) is 18.7 Å². The number of rotatable bonds is 5. The number of terminal acetylenes is 1. The number of nitrogens with one attached hydrogen (secondary N) is 1. The van der Waals surface area contributed by atoms with E-state index < -0.39 is 23.8 Å². The van der Waals surface area contributed by atoms with Gasteiger partial charge >= 0.3 is 6.09 Å². The molecule has 0 spiro atoms. The van der Waals surface area contributed by atoms with Gasteiger partial charge in [-0.15, -0.1) is 6.42 Å². The Kier molecular flexibility index (Phi) is 6.33. The number of carbonyl (C=O) groups excluding carboxylic acids is 1. The van der Waals surface area contributed by atoms with Crippen molar-refractivity contribution in [1.29, 1.82) is 0 Å². The van der Waals surface area contributed by atoms with E-state index in [2.05, 4.69) is 16.3 Å². The molecule has 0 bridgehead atoms. The SMILES string of the molecule is C#CCN1CCN(c2c(F)cc(N3CC(CNC(=S)OC)OC3=O)cc2F)C=N1. The number of hydrogen-bond donors (Lipinski definition) is 1. The quantitative estimate of drug-likeness (QED) is 0.569. The highest BCUT2D eigenvalue weighted by atomic mass is 32.1. The Balaban J connectivity index is 1.73. The van der Waals surface area contributed by atoms with E-state index in [-0.39, 0.29) is 29.6 Å². The number of halogens is 2. The minimum Gasteiger partial charge on any atom is -0.474 e. The van der Waals surface area contributed by atoms with Gasteiger partial charge in [0.2, 0.25) is 0 Å². The number of cyclic esters (lactones) is 1. The summed E-state index contributed by atoms with van der Waals surface area (Å²) in [6, 6.07) is 2.19. The Morgan fingerprint density at radius 3 is 2.76 bits per heavy atom. The van der Waals surface area contributed by atoms with Crippen LogP contribution in [0.15, 0.2) is 17.2 Å². The van der Waals surface area contributed by atoms with Crippen molar-refractivity contribution >= 4 is 41.2 Å². The molecule has 8 nitrogen and oxygen atoms in total. The van der Waals surface area contributed by atoms with E-state index in [1.54, 1.807) is 5.01 Å². The summed E-state index contributed by atoms with van der Waals surface area (Å²) in [5.41, 5.74) is -0.178. The first kappa shape index (κ1) is 20.6. The maximum Gasteiger partial charge on any atom is 0.414 e. The van der Waals surface area contributed by atoms with Crippen LogP contribution in [-0.4, -0.2) is 68.6 Å². The van der Waals surface area contributed by atoms with E-state index >= 15 is 0 Å². The number of nitrogens with zero attached hydrogens (tertiary/aromatic N) is 4. The molecule has 1 aromatic rings. The highest BCUT2D eigenvalue weighted by molar-refractivity contribution is 7.80. The van der Waals surface area contributed by atoms with Crippen LogP contribution in [-0.2, 0) is 9.47 Å². The molecular weight excluding hydrogens is 404 g/mol. The number of ether oxygens (including phenoxy) is 2. The zero-order valence-corrected chi connectivity index (χ0v) is 16.4. The number of thiocarbonyl (C=S) groups is 1. The van der Waals surface area contributed by atoms with Gasteiger partial charge in [-0.1, -0.05) is 5.92 Å². The van der Waals surface area contributed by atoms with Gasteiger partial charge in [0.05, 0.1) is 39.0 Å². The summed E-state index contributed by atoms with van der Waals surface area (Å²) in [5.74, 6) is 0.831. The normalized spacial score (nSPS) is 18.5. The minimum atomic E-state index is -0.813. The van der Waals surface area contributed by atoms with Crippen molar-refractivity contribution in [3.63, 3.8) is 0 Å². The van der Waals surface area contributed by atoms with Crippen LogP contribution in [0.2, 0.25) is 0 Å². The third kappa shape index (κ3) is 4.65. The van der Waals surface area contributed by atoms with Crippen molar-refractivity contribution < 1.29 is 23.0 Å². The third-order valence-electron chi connectivity index (χ3n) is 4.36. The van der Waals surface area contributed by atoms with Crippen LogP contribution in [0.1, 0.15) is 0 Å². The summed E-state index contributed by atoms with van der Waals surface area (Å²) in [5, 5.41) is 8.62. The maximum absolute atomic E-state index is 14.7. The highest BCUT2D eigenvalue weighted by Crippen LogP contribution is 2.31. The van der Waals surface area contributed by atoms with Crippen molar-refractivity contribution in [3.05, 3.63) is 23.8 Å². The summed E-state index contributed by atoms with van der Waals surface area (Å²) in [6.07, 6.45) is 5.32. The second-order valence-electron chi connectivity index (χ2n) is 6.26. The van der Waals surface area contributed by atoms with Crippen molar-refractivity contribution in [2.75, 3.05) is 49.6 Å². The number of carbonyl (C=O) groups is 1. The Hall–Kier alpha value is -3.13. The zero-order valence-electron chi connectivity index (χ0n) is 15.6. The molecule has 0 radical (unpaired) electrons. The number of hydrogen-bond acceptors (Lipinski definition) is 7. The smallest absolute Gasteiger partial charge is 0.414 e. The molecule has 2 aliphatic rings. The third-order valence-corrected chi connectivity index (χ3v) is 4.67. The van der Waals surface area contributed by atoms with Crippen molar-refractivity contribution in [2.45, 2.75) is 6.10 Å². The second-order valence-corrected chi connectivity index (χ2v) is 6.63. The molecule has 1 N–H and O–H groups in total. The van der Waals surface area contributed by atoms with E-state index in [4.69, 9.17) is 28.1 Å². The minimum absolute atomic E-state index is 0.0634. The molecule has 3 rings (SSSR count). The summed E-state index contributed by atoms with van der Waals surface area (Å²) < 4.78 is 39.4. The monoisotopic (exact) mass is 423 g/mol. The van der Waals surface area contributed by atoms with E-state index in [1.165, 1.54) is 18.3 Å². The fraction of sp³-hybridized carbons (Fsp3) is 0.389. The number of anilines is 2. The molecule has 0 saturated carbocycles. The Labute approximate surface area is 172 Å². The largest absolute Gasteiger partial charge is 0.474 e. The molecule has 0 aromatic heterocycles. The van der Waals surface area contributed by atoms with Gasteiger partial charge in [0.25, 0.3) is 5.17 Å². The van der Waals surface area contributed by atoms with Crippen LogP contribution in [0.25, 0.3) is 0 Å². The van der Waals surface area contributed by atoms with E-state index in [0.717, 1.165) is 17.0 Å². The maximum atomic E-state index is 14.7. The predicted octanol–water partition coefficient (Wildman–Crippen LogP) is 1.51. The van der Waals surface area contributed by atoms with E-state index in [0.29, 0.717) is 19.6 Å². The molecule has 1 fully saturated rings. The Bertz CT molecular complexity index is 853. The van der Waals surface area contributed by atoms with Gasteiger partial charge in [-0.3, -0.25) is 9.91 Å². The molecule has 154 valence electrons. The van der Waals surface area contributed by atoms with Gasteiger partial charge in [-0.2, -0.15) is 5.10 Å². The fourth-order valence-electron chi connectivity index (χ4n) is 2.96. The second kappa shape index (κ2) is 8.91. The van der Waals surface area contributed by atoms with E-state index in [9.17, 15) is 13.6 Å². The van der Waals surface area contributed by atoms with Gasteiger partial charge in [-0.25, -0.2) is 13.6 Å². The topological polar surface area (TPSA) is 69.6 Å². The molecule has 0 aliphatic carbocycles. The van der Waals surface area contributed by atoms with E-state index in [1.807, 2.05) is 0 Å². The van der Waals surface area contributed by atoms with Crippen molar-refractivity contribution in [1.82, 2.24) is 10.3 Å². The molecular formula is C18H19F2N5O3S. The lowest BCUT2D eigenvalue weighted by Gasteiger charge is -2.29. The molecule has 1 saturated heterocycles. The lowest BCUT2D eigenvalue weighted by molar-refractivity contribution is 0.142. The fourth-order valence-corrected chi connectivity index (χ4v) is 3.04. The van der Waals surface area contributed by atoms with Crippen LogP contribution in [0.3, 0.4) is 0 Å². The lowest BCUT2D eigenvalue weighted by atomic mass is 10.2. The standard InChI is InChI=1S/C18H19F2N5O3S/c1-3-4-24-6-5-23(11-22-24)16-14(19)7-12(8-15(16)20)25-10-13(28-18(25)26)9-21-17(29)27-2/h1,7-8,11,13H,4-6,9-10H2,2H3,(H,21,29). The van der Waals surface area contributed by atoms with Crippen LogP contribution in [0.4, 0.5) is 25.0 Å². The summed E-state index contributed by atoms with van der Waals surface area (Å²) in [4.78, 5) is 14.6. The molecule has 29 heavy (non-hydrogen) atoms. The van der Waals surface area contributed by atoms with Crippen LogP contribution < -0.4 is 15.1 Å². The molecule has 1 unspecified atom stereocenters. The molecule has 2 aliphatic heterocycles. The van der Waals surface area contributed by atoms with Gasteiger partial charge in [0.1, 0.15) is 18.1 Å². The first-order chi connectivity index (χ1) is 13.9. The van der Waals surface area contributed by atoms with Gasteiger partial charge in [-0.05, 0) is 12.2 Å². The van der Waals surface area contributed by atoms with Crippen LogP contribution >= 0.6 is 12.2 Å². The predicted molar refractivity (Wildman–Crippen MR) is 108 cm³/mol. The first-order valence-corrected chi connectivity index (χ1v) is 9.12. The highest BCUT2D eigenvalue weighted by Gasteiger charge is 2.34. The number of hydrazone groups is 1. The van der Waals surface area contributed by atoms with Crippen LogP contribution in [0, 0.1) is 24.0 Å². The number of benzene rings is 1. The Morgan fingerprint density at radius 1 is 1.45 bits per heavy atom. The lowest BCUT2D eigenvalue weighted by Crippen LogP contribution is -2.39. The molecule has 2 heterocycles. The van der Waals surface area contributed by atoms with Gasteiger partial charge in [0.15, 0.2) is 11.6 Å².